The molecule has 3 N–H and O–H groups in total. The van der Waals surface area contributed by atoms with Crippen molar-refractivity contribution in [3.05, 3.63) is 29.8 Å². The summed E-state index contributed by atoms with van der Waals surface area (Å²) in [6, 6.07) is 7.15. The monoisotopic (exact) mass is 266 g/mol. The number of ether oxygens (including phenoxy) is 1. The Kier molecular flexibility index (Phi) is 6.92. The van der Waals surface area contributed by atoms with Gasteiger partial charge in [0.25, 0.3) is 0 Å². The quantitative estimate of drug-likeness (QED) is 0.610. The fraction of sp³-hybridized carbons (Fsp3) is 0.500. The molecule has 0 bridgehead atoms. The third-order valence-electron chi connectivity index (χ3n) is 2.82. The molecule has 1 atom stereocenters. The van der Waals surface area contributed by atoms with Crippen molar-refractivity contribution in [1.29, 1.82) is 0 Å². The molecule has 1 aromatic rings. The van der Waals surface area contributed by atoms with Gasteiger partial charge in [-0.1, -0.05) is 12.1 Å². The van der Waals surface area contributed by atoms with Gasteiger partial charge >= 0.3 is 0 Å². The lowest BCUT2D eigenvalue weighted by molar-refractivity contribution is -0.121. The van der Waals surface area contributed by atoms with Crippen molar-refractivity contribution in [1.82, 2.24) is 10.6 Å². The van der Waals surface area contributed by atoms with Crippen LogP contribution >= 0.6 is 0 Å². The van der Waals surface area contributed by atoms with Crippen LogP contribution in [0, 0.1) is 0 Å². The molecule has 19 heavy (non-hydrogen) atoms. The lowest BCUT2D eigenvalue weighted by Gasteiger charge is -2.12. The molecule has 0 spiro atoms. The van der Waals surface area contributed by atoms with Gasteiger partial charge in [-0.05, 0) is 37.7 Å². The van der Waals surface area contributed by atoms with Crippen molar-refractivity contribution in [3.8, 4) is 5.75 Å². The molecule has 0 heterocycles. The van der Waals surface area contributed by atoms with Crippen molar-refractivity contribution < 1.29 is 14.6 Å². The van der Waals surface area contributed by atoms with Crippen molar-refractivity contribution >= 4 is 5.91 Å². The summed E-state index contributed by atoms with van der Waals surface area (Å²) in [5, 5.41) is 15.6. The lowest BCUT2D eigenvalue weighted by atomic mass is 10.1. The van der Waals surface area contributed by atoms with Crippen molar-refractivity contribution in [2.75, 3.05) is 27.2 Å². The molecule has 1 aromatic carbocycles. The van der Waals surface area contributed by atoms with Crippen LogP contribution in [0.3, 0.4) is 0 Å². The van der Waals surface area contributed by atoms with E-state index in [0.717, 1.165) is 24.3 Å². The highest BCUT2D eigenvalue weighted by Crippen LogP contribution is 2.16. The highest BCUT2D eigenvalue weighted by atomic mass is 16.5. The van der Waals surface area contributed by atoms with E-state index in [2.05, 4.69) is 10.6 Å². The van der Waals surface area contributed by atoms with E-state index >= 15 is 0 Å². The van der Waals surface area contributed by atoms with E-state index in [-0.39, 0.29) is 12.5 Å². The number of amides is 1. The Morgan fingerprint density at radius 3 is 2.63 bits per heavy atom. The number of benzene rings is 1. The Morgan fingerprint density at radius 2 is 2.05 bits per heavy atom. The molecule has 0 aromatic heterocycles. The summed E-state index contributed by atoms with van der Waals surface area (Å²) in [7, 11) is 3.45. The molecule has 1 unspecified atom stereocenters. The average Bonchev–Trinajstić information content (AvgIpc) is 2.45. The number of aliphatic hydroxyl groups is 1. The van der Waals surface area contributed by atoms with Crippen LogP contribution in [0.1, 0.15) is 24.5 Å². The molecule has 5 nitrogen and oxygen atoms in total. The first kappa shape index (κ1) is 15.5. The van der Waals surface area contributed by atoms with Crippen LogP contribution < -0.4 is 15.4 Å². The topological polar surface area (TPSA) is 70.6 Å². The Balaban J connectivity index is 2.33. The van der Waals surface area contributed by atoms with Crippen LogP contribution in [0.15, 0.2) is 24.3 Å². The van der Waals surface area contributed by atoms with Crippen LogP contribution in [0.2, 0.25) is 0 Å². The number of methoxy groups -OCH3 is 1. The minimum Gasteiger partial charge on any atom is -0.497 e. The molecular formula is C14H22N2O3. The predicted octanol–water partition coefficient (Wildman–Crippen LogP) is 0.844. The van der Waals surface area contributed by atoms with Gasteiger partial charge in [0.05, 0.1) is 13.2 Å². The van der Waals surface area contributed by atoms with Crippen LogP contribution in [-0.2, 0) is 4.79 Å². The fourth-order valence-corrected chi connectivity index (χ4v) is 1.67. The van der Waals surface area contributed by atoms with E-state index in [4.69, 9.17) is 4.74 Å². The number of hydrogen-bond donors (Lipinski definition) is 3. The second-order valence-electron chi connectivity index (χ2n) is 4.30. The summed E-state index contributed by atoms with van der Waals surface area (Å²) in [5.74, 6) is 0.704. The first-order valence-electron chi connectivity index (χ1n) is 6.40. The standard InChI is InChI=1S/C14H22N2O3/c1-15-9-3-4-14(18)16-10-13(17)11-5-7-12(19-2)8-6-11/h5-8,13,15,17H,3-4,9-10H2,1-2H3,(H,16,18). The maximum atomic E-state index is 11.5. The summed E-state index contributed by atoms with van der Waals surface area (Å²) in [6.45, 7) is 1.04. The van der Waals surface area contributed by atoms with Gasteiger partial charge in [0, 0.05) is 13.0 Å². The highest BCUT2D eigenvalue weighted by molar-refractivity contribution is 5.75. The normalized spacial score (nSPS) is 11.9. The van der Waals surface area contributed by atoms with Gasteiger partial charge in [0.2, 0.25) is 5.91 Å². The molecule has 0 saturated heterocycles. The first-order valence-corrected chi connectivity index (χ1v) is 6.40. The van der Waals surface area contributed by atoms with Crippen molar-refractivity contribution in [2.24, 2.45) is 0 Å². The smallest absolute Gasteiger partial charge is 0.220 e. The Morgan fingerprint density at radius 1 is 1.37 bits per heavy atom. The Bertz CT molecular complexity index is 379. The van der Waals surface area contributed by atoms with E-state index in [1.807, 2.05) is 7.05 Å². The van der Waals surface area contributed by atoms with Crippen LogP contribution in [0.5, 0.6) is 5.75 Å². The van der Waals surface area contributed by atoms with Gasteiger partial charge in [-0.25, -0.2) is 0 Å². The second-order valence-corrected chi connectivity index (χ2v) is 4.30. The van der Waals surface area contributed by atoms with Crippen LogP contribution in [0.4, 0.5) is 0 Å². The third-order valence-corrected chi connectivity index (χ3v) is 2.82. The number of carbonyl (C=O) groups is 1. The largest absolute Gasteiger partial charge is 0.497 e. The van der Waals surface area contributed by atoms with Crippen LogP contribution in [0.25, 0.3) is 0 Å². The Labute approximate surface area is 114 Å². The molecule has 0 saturated carbocycles. The molecule has 5 heteroatoms. The molecule has 0 aliphatic heterocycles. The number of carbonyl (C=O) groups excluding carboxylic acids is 1. The Hall–Kier alpha value is -1.59. The average molecular weight is 266 g/mol. The molecular weight excluding hydrogens is 244 g/mol. The maximum Gasteiger partial charge on any atom is 0.220 e. The second kappa shape index (κ2) is 8.50. The zero-order valence-corrected chi connectivity index (χ0v) is 11.5. The molecule has 0 fully saturated rings. The van der Waals surface area contributed by atoms with Gasteiger partial charge in [-0.3, -0.25) is 4.79 Å². The van der Waals surface area contributed by atoms with Crippen molar-refractivity contribution in [3.63, 3.8) is 0 Å². The van der Waals surface area contributed by atoms with E-state index in [1.165, 1.54) is 0 Å². The minimum absolute atomic E-state index is 0.0391. The molecule has 0 aliphatic rings. The minimum atomic E-state index is -0.695. The molecule has 1 rings (SSSR count). The van der Waals surface area contributed by atoms with E-state index in [0.29, 0.717) is 6.42 Å². The van der Waals surface area contributed by atoms with E-state index < -0.39 is 6.10 Å². The summed E-state index contributed by atoms with van der Waals surface area (Å²) in [6.07, 6.45) is 0.566. The lowest BCUT2D eigenvalue weighted by Crippen LogP contribution is -2.28. The zero-order valence-electron chi connectivity index (χ0n) is 11.5. The summed E-state index contributed by atoms with van der Waals surface area (Å²) in [4.78, 5) is 11.5. The molecule has 0 aliphatic carbocycles. The predicted molar refractivity (Wildman–Crippen MR) is 74.1 cm³/mol. The van der Waals surface area contributed by atoms with Gasteiger partial charge in [-0.15, -0.1) is 0 Å². The highest BCUT2D eigenvalue weighted by Gasteiger charge is 2.09. The van der Waals surface area contributed by atoms with Gasteiger partial charge < -0.3 is 20.5 Å². The number of hydrogen-bond acceptors (Lipinski definition) is 4. The zero-order chi connectivity index (χ0) is 14.1. The number of aliphatic hydroxyl groups excluding tert-OH is 1. The summed E-state index contributed by atoms with van der Waals surface area (Å²) >= 11 is 0. The van der Waals surface area contributed by atoms with Gasteiger partial charge in [-0.2, -0.15) is 0 Å². The van der Waals surface area contributed by atoms with E-state index in [1.54, 1.807) is 31.4 Å². The van der Waals surface area contributed by atoms with E-state index in [9.17, 15) is 9.90 Å². The SMILES string of the molecule is CNCCCC(=O)NCC(O)c1ccc(OC)cc1. The van der Waals surface area contributed by atoms with Gasteiger partial charge in [0.15, 0.2) is 0 Å². The fourth-order valence-electron chi connectivity index (χ4n) is 1.67. The summed E-state index contributed by atoms with van der Waals surface area (Å²) < 4.78 is 5.04. The molecule has 1 amide bonds. The molecule has 106 valence electrons. The number of rotatable bonds is 8. The third kappa shape index (κ3) is 5.72. The van der Waals surface area contributed by atoms with Crippen molar-refractivity contribution in [2.45, 2.75) is 18.9 Å². The maximum absolute atomic E-state index is 11.5. The van der Waals surface area contributed by atoms with Gasteiger partial charge in [0.1, 0.15) is 5.75 Å². The summed E-state index contributed by atoms with van der Waals surface area (Å²) in [5.41, 5.74) is 0.760. The van der Waals surface area contributed by atoms with Crippen LogP contribution in [-0.4, -0.2) is 38.3 Å². The number of nitrogens with one attached hydrogen (secondary N) is 2. The first-order chi connectivity index (χ1) is 9.17. The molecule has 0 radical (unpaired) electrons.